The third-order valence-electron chi connectivity index (χ3n) is 15.7. The Balaban J connectivity index is 1.27. The van der Waals surface area contributed by atoms with E-state index in [2.05, 4.69) is 17.2 Å². The molecule has 0 bridgehead atoms. The number of hydrogen-bond acceptors (Lipinski definition) is 14. The van der Waals surface area contributed by atoms with Crippen LogP contribution in [0.15, 0.2) is 146 Å². The van der Waals surface area contributed by atoms with Crippen molar-refractivity contribution in [1.82, 2.24) is 15.1 Å². The average Bonchev–Trinajstić information content (AvgIpc) is 4.15. The maximum atomic E-state index is 17.1. The molecule has 0 radical (unpaired) electrons. The number of imide groups is 1. The molecule has 2 fully saturated rings. The third-order valence-corrected chi connectivity index (χ3v) is 15.7. The van der Waals surface area contributed by atoms with E-state index >= 15 is 19.2 Å². The highest BCUT2D eigenvalue weighted by Crippen LogP contribution is 2.67. The topological polar surface area (TPSA) is 200 Å². The lowest BCUT2D eigenvalue weighted by Crippen LogP contribution is -2.57. The number of fused-ring (bicyclic) bond motifs is 4. The first-order valence-electron chi connectivity index (χ1n) is 26.3. The van der Waals surface area contributed by atoms with Crippen molar-refractivity contribution in [1.29, 1.82) is 0 Å². The fraction of sp³-hybridized carbons (Fsp3) is 0.302. The van der Waals surface area contributed by atoms with Crippen molar-refractivity contribution in [2.75, 3.05) is 53.1 Å². The summed E-state index contributed by atoms with van der Waals surface area (Å²) in [6.07, 6.45) is -0.944. The van der Waals surface area contributed by atoms with E-state index < -0.39 is 83.3 Å². The largest absolute Gasteiger partial charge is 0.493 e. The number of carbonyl (C=O) groups excluding carboxylic acids is 6. The van der Waals surface area contributed by atoms with Crippen LogP contribution in [-0.2, 0) is 56.6 Å². The van der Waals surface area contributed by atoms with E-state index in [1.54, 1.807) is 61.4 Å². The lowest BCUT2D eigenvalue weighted by atomic mass is 9.64. The van der Waals surface area contributed by atoms with E-state index in [-0.39, 0.29) is 55.3 Å². The predicted molar refractivity (Wildman–Crippen MR) is 292 cm³/mol. The Morgan fingerprint density at radius 2 is 1.38 bits per heavy atom. The van der Waals surface area contributed by atoms with Crippen molar-refractivity contribution in [2.24, 2.45) is 11.8 Å². The van der Waals surface area contributed by atoms with Crippen LogP contribution in [-0.4, -0.2) is 105 Å². The number of amides is 4. The van der Waals surface area contributed by atoms with Gasteiger partial charge in [-0.1, -0.05) is 121 Å². The van der Waals surface area contributed by atoms with Crippen LogP contribution in [0.2, 0.25) is 0 Å². The minimum Gasteiger partial charge on any atom is -0.493 e. The molecule has 4 heterocycles. The molecule has 17 nitrogen and oxygen atoms in total. The second kappa shape index (κ2) is 23.2. The number of benzene rings is 6. The number of aliphatic hydroxyl groups is 1. The average molecular weight is 1080 g/mol. The number of esters is 3. The Labute approximate surface area is 463 Å². The molecule has 0 aromatic heterocycles. The van der Waals surface area contributed by atoms with Gasteiger partial charge >= 0.3 is 23.9 Å². The lowest BCUT2D eigenvalue weighted by molar-refractivity contribution is -0.179. The maximum absolute atomic E-state index is 17.1. The first-order chi connectivity index (χ1) is 38.9. The van der Waals surface area contributed by atoms with E-state index in [0.29, 0.717) is 34.6 Å². The molecule has 2 saturated heterocycles. The number of hydrogen-bond donors (Lipinski definition) is 2. The molecule has 17 heteroatoms. The van der Waals surface area contributed by atoms with Crippen molar-refractivity contribution in [2.45, 2.75) is 62.0 Å². The first-order valence-corrected chi connectivity index (χ1v) is 26.3. The van der Waals surface area contributed by atoms with Gasteiger partial charge in [-0.25, -0.2) is 9.69 Å². The molecule has 0 aliphatic carbocycles. The fourth-order valence-corrected chi connectivity index (χ4v) is 12.1. The second-order valence-electron chi connectivity index (χ2n) is 19.9. The summed E-state index contributed by atoms with van der Waals surface area (Å²) in [5.41, 5.74) is 2.49. The number of morpholine rings is 1. The summed E-state index contributed by atoms with van der Waals surface area (Å²) >= 11 is 0. The van der Waals surface area contributed by atoms with Gasteiger partial charge in [0.15, 0.2) is 17.4 Å². The van der Waals surface area contributed by atoms with Crippen LogP contribution in [0.25, 0.3) is 0 Å². The number of nitrogens with one attached hydrogen (secondary N) is 1. The van der Waals surface area contributed by atoms with Gasteiger partial charge in [-0.15, -0.1) is 0 Å². The molecule has 4 aliphatic rings. The number of rotatable bonds is 14. The number of carbonyl (C=O) groups is 6. The zero-order chi connectivity index (χ0) is 56.2. The Bertz CT molecular complexity index is 3390. The molecule has 7 unspecified atom stereocenters. The molecule has 7 atom stereocenters. The Morgan fingerprint density at radius 1 is 0.750 bits per heavy atom. The molecule has 4 amide bonds. The van der Waals surface area contributed by atoms with Crippen molar-refractivity contribution in [3.05, 3.63) is 190 Å². The van der Waals surface area contributed by atoms with Crippen LogP contribution in [0.5, 0.6) is 17.2 Å². The van der Waals surface area contributed by atoms with Crippen LogP contribution < -0.4 is 24.4 Å². The molecule has 4 aliphatic heterocycles. The zero-order valence-electron chi connectivity index (χ0n) is 44.8. The zero-order valence-corrected chi connectivity index (χ0v) is 44.8. The predicted octanol–water partition coefficient (Wildman–Crippen LogP) is 7.50. The van der Waals surface area contributed by atoms with Crippen LogP contribution in [0.3, 0.4) is 0 Å². The minimum atomic E-state index is -2.21. The first kappa shape index (κ1) is 54.4. The van der Waals surface area contributed by atoms with Crippen LogP contribution >= 0.6 is 0 Å². The van der Waals surface area contributed by atoms with E-state index in [4.69, 9.17) is 28.4 Å². The molecule has 410 valence electrons. The van der Waals surface area contributed by atoms with E-state index in [0.717, 1.165) is 35.8 Å². The van der Waals surface area contributed by atoms with Gasteiger partial charge in [-0.2, -0.15) is 0 Å². The van der Waals surface area contributed by atoms with Gasteiger partial charge in [-0.3, -0.25) is 28.9 Å². The minimum absolute atomic E-state index is 0.0470. The number of cyclic esters (lactones) is 1. The standard InChI is InChI=1S/C63H60N4O13/c1-38(40-19-9-6-10-20-40)64-62(74)66-48-29-28-39(18-17-26-46(58(70)77-4)59(71)78-5)34-47(48)63(61(66)73)52(57(69)65-31-30-43-35-50(75-2)51(76-3)36-44(43)37-65)54-60(72)80-55(42-23-13-8-14-24-42)53(41-21-11-7-12-22-41)67(54)56(63)45-25-15-16-27-49(45)79-33-32-68/h6-16,19-25,27-29,34-36,38,46,52-56,68H,26,30-33,37H2,1-5H3,(H,64,74). The smallest absolute Gasteiger partial charge is 0.329 e. The molecule has 6 aromatic carbocycles. The molecule has 6 aromatic rings. The van der Waals surface area contributed by atoms with E-state index in [1.165, 1.54) is 7.11 Å². The number of para-hydroxylation sites is 1. The fourth-order valence-electron chi connectivity index (χ4n) is 12.1. The monoisotopic (exact) mass is 1080 g/mol. The number of methoxy groups -OCH3 is 4. The van der Waals surface area contributed by atoms with Gasteiger partial charge in [0.05, 0.1) is 64.8 Å². The number of nitrogens with zero attached hydrogens (tertiary/aromatic N) is 3. The van der Waals surface area contributed by atoms with Gasteiger partial charge in [-0.05, 0) is 83.1 Å². The summed E-state index contributed by atoms with van der Waals surface area (Å²) in [6, 6.07) is 38.2. The van der Waals surface area contributed by atoms with E-state index in [1.807, 2.05) is 108 Å². The molecular weight excluding hydrogens is 1020 g/mol. The van der Waals surface area contributed by atoms with Crippen LogP contribution in [0, 0.1) is 23.7 Å². The quantitative estimate of drug-likeness (QED) is 0.0470. The number of urea groups is 1. The van der Waals surface area contributed by atoms with Crippen LogP contribution in [0.4, 0.5) is 10.5 Å². The SMILES string of the molecule is COC(=O)C(CC#Cc1ccc2c(c1)C1(C(=O)N2C(=O)NC(C)c2ccccc2)C(C(=O)N2CCc3cc(OC)c(OC)cc3C2)C2C(=O)OC(c3ccccc3)C(c3ccccc3)N2C1c1ccccc1OCCO)C(=O)OC. The van der Waals surface area contributed by atoms with Crippen LogP contribution in [0.1, 0.15) is 82.1 Å². The van der Waals surface area contributed by atoms with Crippen molar-refractivity contribution in [3.63, 3.8) is 0 Å². The highest BCUT2D eigenvalue weighted by atomic mass is 16.6. The van der Waals surface area contributed by atoms with Gasteiger partial charge in [0.25, 0.3) is 0 Å². The number of aliphatic hydroxyl groups excluding tert-OH is 1. The summed E-state index contributed by atoms with van der Waals surface area (Å²) in [5.74, 6) is 0.320. The summed E-state index contributed by atoms with van der Waals surface area (Å²) in [6.45, 7) is 1.48. The third kappa shape index (κ3) is 9.64. The van der Waals surface area contributed by atoms with Crippen molar-refractivity contribution < 1.29 is 62.3 Å². The summed E-state index contributed by atoms with van der Waals surface area (Å²) in [4.78, 5) is 95.5. The van der Waals surface area contributed by atoms with Gasteiger partial charge in [0.2, 0.25) is 11.8 Å². The molecule has 10 rings (SSSR count). The van der Waals surface area contributed by atoms with Gasteiger partial charge < -0.3 is 43.7 Å². The van der Waals surface area contributed by atoms with E-state index in [9.17, 15) is 14.7 Å². The molecule has 80 heavy (non-hydrogen) atoms. The maximum Gasteiger partial charge on any atom is 0.329 e. The summed E-state index contributed by atoms with van der Waals surface area (Å²) in [7, 11) is 5.37. The Morgan fingerprint density at radius 3 is 2.02 bits per heavy atom. The summed E-state index contributed by atoms with van der Waals surface area (Å²) in [5, 5.41) is 13.3. The molecule has 2 N–H and O–H groups in total. The molecule has 1 spiro atoms. The van der Waals surface area contributed by atoms with Gasteiger partial charge in [0.1, 0.15) is 29.9 Å². The lowest BCUT2D eigenvalue weighted by Gasteiger charge is -2.46. The normalized spacial score (nSPS) is 21.3. The highest BCUT2D eigenvalue weighted by molar-refractivity contribution is 6.25. The van der Waals surface area contributed by atoms with Crippen molar-refractivity contribution in [3.8, 4) is 29.1 Å². The Kier molecular flexibility index (Phi) is 15.7. The molecule has 0 saturated carbocycles. The number of anilines is 1. The Hall–Kier alpha value is -8.98. The van der Waals surface area contributed by atoms with Gasteiger partial charge in [0, 0.05) is 30.6 Å². The second-order valence-corrected chi connectivity index (χ2v) is 19.9. The highest BCUT2D eigenvalue weighted by Gasteiger charge is 2.76. The molecular formula is C63H60N4O13. The number of ether oxygens (including phenoxy) is 6. The summed E-state index contributed by atoms with van der Waals surface area (Å²) < 4.78 is 34.3. The van der Waals surface area contributed by atoms with Crippen molar-refractivity contribution >= 4 is 41.4 Å².